The van der Waals surface area contributed by atoms with E-state index in [1.165, 1.54) is 148 Å². The lowest BCUT2D eigenvalue weighted by atomic mass is 9.99. The summed E-state index contributed by atoms with van der Waals surface area (Å²) < 4.78 is 22.1. The molecule has 1 aliphatic heterocycles. The molecule has 0 aromatic heterocycles. The van der Waals surface area contributed by atoms with Gasteiger partial charge in [0.05, 0.1) is 13.2 Å². The van der Waals surface area contributed by atoms with Gasteiger partial charge in [-0.25, -0.2) is 0 Å². The second-order valence-electron chi connectivity index (χ2n) is 16.2. The zero-order valence-corrected chi connectivity index (χ0v) is 35.5. The van der Waals surface area contributed by atoms with Gasteiger partial charge in [-0.3, -0.25) is 9.59 Å². The van der Waals surface area contributed by atoms with Crippen LogP contribution >= 0.6 is 0 Å². The molecule has 2 unspecified atom stereocenters. The summed E-state index contributed by atoms with van der Waals surface area (Å²) in [5.74, 6) is -0.793. The first-order valence-electron chi connectivity index (χ1n) is 23.1. The maximum Gasteiger partial charge on any atom is 0.306 e. The predicted octanol–water partition coefficient (Wildman–Crippen LogP) is 9.78. The summed E-state index contributed by atoms with van der Waals surface area (Å²) in [6.45, 7) is 3.44. The molecule has 1 aliphatic rings. The van der Waals surface area contributed by atoms with Crippen LogP contribution < -0.4 is 0 Å². The predicted molar refractivity (Wildman–Crippen MR) is 220 cm³/mol. The molecule has 326 valence electrons. The van der Waals surface area contributed by atoms with Gasteiger partial charge in [-0.2, -0.15) is 0 Å². The molecule has 55 heavy (non-hydrogen) atoms. The molecule has 0 aromatic rings. The van der Waals surface area contributed by atoms with E-state index in [4.69, 9.17) is 18.9 Å². The third-order valence-corrected chi connectivity index (χ3v) is 11.0. The van der Waals surface area contributed by atoms with Crippen LogP contribution in [0.5, 0.6) is 0 Å². The highest BCUT2D eigenvalue weighted by Gasteiger charge is 2.44. The van der Waals surface area contributed by atoms with E-state index >= 15 is 0 Å². The Hall–Kier alpha value is -1.30. The minimum atomic E-state index is -1.59. The number of rotatable bonds is 39. The molecular formula is C45H86O10. The number of hydrogen-bond donors (Lipinski definition) is 4. The molecule has 1 saturated heterocycles. The smallest absolute Gasteiger partial charge is 0.306 e. The van der Waals surface area contributed by atoms with Crippen molar-refractivity contribution in [3.05, 3.63) is 0 Å². The normalized spacial score (nSPS) is 20.4. The van der Waals surface area contributed by atoms with Gasteiger partial charge in [-0.05, 0) is 12.8 Å². The molecule has 10 nitrogen and oxygen atoms in total. The Balaban J connectivity index is 2.24. The minimum absolute atomic E-state index is 0.209. The van der Waals surface area contributed by atoms with E-state index in [1.807, 2.05) is 0 Å². The van der Waals surface area contributed by atoms with Crippen molar-refractivity contribution in [2.24, 2.45) is 0 Å². The fourth-order valence-electron chi connectivity index (χ4n) is 7.31. The van der Waals surface area contributed by atoms with Gasteiger partial charge in [0.1, 0.15) is 31.0 Å². The fourth-order valence-corrected chi connectivity index (χ4v) is 7.31. The average Bonchev–Trinajstić information content (AvgIpc) is 3.18. The maximum absolute atomic E-state index is 12.7. The van der Waals surface area contributed by atoms with Crippen molar-refractivity contribution in [3.63, 3.8) is 0 Å². The topological polar surface area (TPSA) is 152 Å². The van der Waals surface area contributed by atoms with Crippen molar-refractivity contribution in [1.82, 2.24) is 0 Å². The molecule has 4 N–H and O–H groups in total. The summed E-state index contributed by atoms with van der Waals surface area (Å²) in [5, 5.41) is 40.0. The Morgan fingerprint density at radius 1 is 0.491 bits per heavy atom. The molecule has 0 aliphatic carbocycles. The molecule has 0 bridgehead atoms. The summed E-state index contributed by atoms with van der Waals surface area (Å²) in [5.41, 5.74) is 0. The van der Waals surface area contributed by atoms with Crippen molar-refractivity contribution in [1.29, 1.82) is 0 Å². The minimum Gasteiger partial charge on any atom is -0.462 e. The average molecular weight is 787 g/mol. The first-order chi connectivity index (χ1) is 26.8. The SMILES string of the molecule is CCCCCCCCCCCCCCCCCCCCCCC(=O)OC[C@@H](CO[C@H]1O[C@@H](CO)[C@@H](O)C(O)C1O)OC(=O)CCCCCCCCCCCC. The number of hydrogen-bond acceptors (Lipinski definition) is 10. The van der Waals surface area contributed by atoms with Crippen LogP contribution in [0.25, 0.3) is 0 Å². The molecule has 0 saturated carbocycles. The molecule has 0 aromatic carbocycles. The number of carbonyl (C=O) groups excluding carboxylic acids is 2. The van der Waals surface area contributed by atoms with E-state index in [1.54, 1.807) is 0 Å². The van der Waals surface area contributed by atoms with Crippen molar-refractivity contribution >= 4 is 11.9 Å². The summed E-state index contributed by atoms with van der Waals surface area (Å²) >= 11 is 0. The van der Waals surface area contributed by atoms with Crippen LogP contribution in [0, 0.1) is 0 Å². The first-order valence-corrected chi connectivity index (χ1v) is 23.1. The lowest BCUT2D eigenvalue weighted by Gasteiger charge is -2.39. The number of unbranched alkanes of at least 4 members (excludes halogenated alkanes) is 28. The summed E-state index contributed by atoms with van der Waals surface area (Å²) in [6.07, 6.45) is 29.8. The van der Waals surface area contributed by atoms with Crippen molar-refractivity contribution < 1.29 is 49.0 Å². The number of carbonyl (C=O) groups is 2. The Bertz CT molecular complexity index is 871. The molecule has 6 atom stereocenters. The van der Waals surface area contributed by atoms with E-state index in [-0.39, 0.29) is 32.0 Å². The van der Waals surface area contributed by atoms with Gasteiger partial charge in [0.25, 0.3) is 0 Å². The van der Waals surface area contributed by atoms with Crippen molar-refractivity contribution in [3.8, 4) is 0 Å². The molecular weight excluding hydrogens is 700 g/mol. The van der Waals surface area contributed by atoms with Gasteiger partial charge >= 0.3 is 11.9 Å². The van der Waals surface area contributed by atoms with Crippen LogP contribution in [-0.2, 0) is 28.5 Å². The fraction of sp³-hybridized carbons (Fsp3) is 0.956. The van der Waals surface area contributed by atoms with Gasteiger partial charge in [0.2, 0.25) is 0 Å². The summed E-state index contributed by atoms with van der Waals surface area (Å²) in [7, 11) is 0. The second kappa shape index (κ2) is 37.0. The molecule has 1 rings (SSSR count). The van der Waals surface area contributed by atoms with E-state index in [0.717, 1.165) is 38.5 Å². The monoisotopic (exact) mass is 787 g/mol. The van der Waals surface area contributed by atoms with Crippen molar-refractivity contribution in [2.75, 3.05) is 19.8 Å². The third-order valence-electron chi connectivity index (χ3n) is 11.0. The molecule has 0 spiro atoms. The van der Waals surface area contributed by atoms with Gasteiger partial charge in [0.15, 0.2) is 12.4 Å². The standard InChI is InChI=1S/C45H86O10/c1-3-5-7-9-11-13-15-16-17-18-19-20-21-22-23-24-26-27-29-31-33-40(47)52-36-38(37-53-45-44(51)43(50)42(49)39(35-46)55-45)54-41(48)34-32-30-28-25-14-12-10-8-6-4-2/h38-39,42-46,49-51H,3-37H2,1-2H3/t38-,39-,42+,43?,44?,45-/m0/s1. The Labute approximate surface area is 336 Å². The molecule has 0 amide bonds. The van der Waals surface area contributed by atoms with E-state index in [9.17, 15) is 30.0 Å². The first kappa shape index (κ1) is 51.7. The quantitative estimate of drug-likeness (QED) is 0.0350. The number of aliphatic hydroxyl groups is 4. The van der Waals surface area contributed by atoms with Crippen LogP contribution in [0.3, 0.4) is 0 Å². The van der Waals surface area contributed by atoms with E-state index in [2.05, 4.69) is 13.8 Å². The zero-order valence-electron chi connectivity index (χ0n) is 35.5. The van der Waals surface area contributed by atoms with Gasteiger partial charge in [0, 0.05) is 12.8 Å². The van der Waals surface area contributed by atoms with Crippen LogP contribution in [0.4, 0.5) is 0 Å². The summed E-state index contributed by atoms with van der Waals surface area (Å²) in [4.78, 5) is 25.3. The summed E-state index contributed by atoms with van der Waals surface area (Å²) in [6, 6.07) is 0. The van der Waals surface area contributed by atoms with Gasteiger partial charge < -0.3 is 39.4 Å². The molecule has 10 heteroatoms. The number of aliphatic hydroxyl groups excluding tert-OH is 4. The number of ether oxygens (including phenoxy) is 4. The van der Waals surface area contributed by atoms with Gasteiger partial charge in [-0.15, -0.1) is 0 Å². The third kappa shape index (κ3) is 28.7. The lowest BCUT2D eigenvalue weighted by molar-refractivity contribution is -0.305. The Kier molecular flexibility index (Phi) is 34.8. The van der Waals surface area contributed by atoms with Crippen LogP contribution in [0.2, 0.25) is 0 Å². The van der Waals surface area contributed by atoms with E-state index in [0.29, 0.717) is 6.42 Å². The highest BCUT2D eigenvalue weighted by Crippen LogP contribution is 2.23. The van der Waals surface area contributed by atoms with Crippen LogP contribution in [-0.4, -0.2) is 89.0 Å². The second-order valence-corrected chi connectivity index (χ2v) is 16.2. The highest BCUT2D eigenvalue weighted by molar-refractivity contribution is 5.70. The van der Waals surface area contributed by atoms with Gasteiger partial charge in [-0.1, -0.05) is 194 Å². The Morgan fingerprint density at radius 2 is 0.855 bits per heavy atom. The highest BCUT2D eigenvalue weighted by atomic mass is 16.7. The largest absolute Gasteiger partial charge is 0.462 e. The lowest BCUT2D eigenvalue weighted by Crippen LogP contribution is -2.59. The molecule has 0 radical (unpaired) electrons. The van der Waals surface area contributed by atoms with Crippen LogP contribution in [0.15, 0.2) is 0 Å². The molecule has 1 fully saturated rings. The maximum atomic E-state index is 12.7. The number of esters is 2. The Morgan fingerprint density at radius 3 is 1.24 bits per heavy atom. The zero-order chi connectivity index (χ0) is 40.2. The van der Waals surface area contributed by atoms with Crippen LogP contribution in [0.1, 0.15) is 219 Å². The molecule has 1 heterocycles. The van der Waals surface area contributed by atoms with Crippen molar-refractivity contribution in [2.45, 2.75) is 256 Å². The van der Waals surface area contributed by atoms with E-state index < -0.39 is 49.4 Å².